The van der Waals surface area contributed by atoms with E-state index in [1.165, 1.54) is 0 Å². The number of rotatable bonds is 2. The molecule has 0 aliphatic heterocycles. The number of H-pyrrole nitrogens is 1. The van der Waals surface area contributed by atoms with Gasteiger partial charge in [0.25, 0.3) is 0 Å². The summed E-state index contributed by atoms with van der Waals surface area (Å²) in [4.78, 5) is 13.7. The molecule has 0 fully saturated rings. The van der Waals surface area contributed by atoms with E-state index in [2.05, 4.69) is 20.5 Å². The van der Waals surface area contributed by atoms with Crippen molar-refractivity contribution in [2.45, 2.75) is 0 Å². The Bertz CT molecular complexity index is 243. The lowest BCUT2D eigenvalue weighted by atomic mass is 10.6. The first kappa shape index (κ1) is 6.53. The van der Waals surface area contributed by atoms with Crippen molar-refractivity contribution in [1.29, 1.82) is 0 Å². The number of carboxylic acids is 1. The summed E-state index contributed by atoms with van der Waals surface area (Å²) >= 11 is 0. The second-order valence-corrected chi connectivity index (χ2v) is 1.56. The molecule has 0 saturated heterocycles. The molecule has 10 heavy (non-hydrogen) atoms. The number of carboxylic acid groups (broad SMARTS) is 1. The van der Waals surface area contributed by atoms with E-state index < -0.39 is 5.97 Å². The first-order valence-corrected chi connectivity index (χ1v) is 2.57. The number of carbonyl (C=O) groups is 1. The van der Waals surface area contributed by atoms with E-state index in [0.29, 0.717) is 0 Å². The van der Waals surface area contributed by atoms with Gasteiger partial charge >= 0.3 is 5.97 Å². The number of aromatic nitrogens is 3. The first-order valence-electron chi connectivity index (χ1n) is 2.57. The summed E-state index contributed by atoms with van der Waals surface area (Å²) in [6, 6.07) is 0. The number of hydrogen-bond donors (Lipinski definition) is 3. The minimum atomic E-state index is -1.12. The molecular formula is C4H6N4O2. The Morgan fingerprint density at radius 3 is 2.80 bits per heavy atom. The summed E-state index contributed by atoms with van der Waals surface area (Å²) in [5, 5.41) is 16.7. The van der Waals surface area contributed by atoms with Crippen molar-refractivity contribution in [2.24, 2.45) is 0 Å². The van der Waals surface area contributed by atoms with Gasteiger partial charge in [-0.25, -0.2) is 4.79 Å². The highest BCUT2D eigenvalue weighted by Crippen LogP contribution is 1.95. The van der Waals surface area contributed by atoms with Crippen LogP contribution in [0.25, 0.3) is 0 Å². The highest BCUT2D eigenvalue weighted by Gasteiger charge is 2.07. The monoisotopic (exact) mass is 142 g/mol. The molecule has 6 nitrogen and oxygen atoms in total. The van der Waals surface area contributed by atoms with Crippen LogP contribution in [0, 0.1) is 0 Å². The van der Waals surface area contributed by atoms with Gasteiger partial charge in [0, 0.05) is 7.05 Å². The Balaban J connectivity index is 2.88. The van der Waals surface area contributed by atoms with Crippen molar-refractivity contribution in [3.05, 3.63) is 5.82 Å². The molecule has 6 heteroatoms. The average Bonchev–Trinajstić information content (AvgIpc) is 2.34. The summed E-state index contributed by atoms with van der Waals surface area (Å²) < 4.78 is 0. The van der Waals surface area contributed by atoms with Crippen LogP contribution in [0.5, 0.6) is 0 Å². The predicted octanol–water partition coefficient (Wildman–Crippen LogP) is -0.455. The van der Waals surface area contributed by atoms with Crippen LogP contribution in [0.1, 0.15) is 10.6 Å². The van der Waals surface area contributed by atoms with Gasteiger partial charge in [-0.1, -0.05) is 0 Å². The number of aromatic carboxylic acids is 1. The highest BCUT2D eigenvalue weighted by molar-refractivity contribution is 5.83. The SMILES string of the molecule is CNc1n[nH]c(C(=O)O)n1. The Morgan fingerprint density at radius 2 is 2.50 bits per heavy atom. The van der Waals surface area contributed by atoms with Crippen LogP contribution in [0.4, 0.5) is 5.95 Å². The Labute approximate surface area is 56.3 Å². The summed E-state index contributed by atoms with van der Waals surface area (Å²) in [7, 11) is 1.61. The van der Waals surface area contributed by atoms with E-state index in [1.807, 2.05) is 0 Å². The quantitative estimate of drug-likeness (QED) is 0.520. The van der Waals surface area contributed by atoms with Crippen LogP contribution >= 0.6 is 0 Å². The molecule has 0 saturated carbocycles. The summed E-state index contributed by atoms with van der Waals surface area (Å²) in [5.74, 6) is -1.00. The third-order valence-electron chi connectivity index (χ3n) is 0.912. The summed E-state index contributed by atoms with van der Waals surface area (Å²) in [6.07, 6.45) is 0. The van der Waals surface area contributed by atoms with Crippen LogP contribution in [-0.4, -0.2) is 33.3 Å². The van der Waals surface area contributed by atoms with Gasteiger partial charge in [0.2, 0.25) is 11.8 Å². The Hall–Kier alpha value is -1.59. The molecule has 1 rings (SSSR count). The molecule has 1 aromatic heterocycles. The molecular weight excluding hydrogens is 136 g/mol. The lowest BCUT2D eigenvalue weighted by molar-refractivity contribution is 0.0684. The third kappa shape index (κ3) is 1.04. The number of aromatic amines is 1. The molecule has 0 amide bonds. The molecule has 0 bridgehead atoms. The molecule has 54 valence electrons. The minimum absolute atomic E-state index is 0.163. The number of anilines is 1. The van der Waals surface area contributed by atoms with Crippen molar-refractivity contribution < 1.29 is 9.90 Å². The van der Waals surface area contributed by atoms with E-state index in [4.69, 9.17) is 5.11 Å². The van der Waals surface area contributed by atoms with Gasteiger partial charge < -0.3 is 10.4 Å². The van der Waals surface area contributed by atoms with Crippen molar-refractivity contribution in [2.75, 3.05) is 12.4 Å². The second-order valence-electron chi connectivity index (χ2n) is 1.56. The number of nitrogens with zero attached hydrogens (tertiary/aromatic N) is 2. The Kier molecular flexibility index (Phi) is 1.53. The molecule has 3 N–H and O–H groups in total. The van der Waals surface area contributed by atoms with Crippen LogP contribution in [0.15, 0.2) is 0 Å². The minimum Gasteiger partial charge on any atom is -0.475 e. The van der Waals surface area contributed by atoms with E-state index >= 15 is 0 Å². The summed E-state index contributed by atoms with van der Waals surface area (Å²) in [6.45, 7) is 0. The maximum atomic E-state index is 10.2. The molecule has 0 unspecified atom stereocenters. The van der Waals surface area contributed by atoms with Gasteiger partial charge in [0.15, 0.2) is 0 Å². The fourth-order valence-corrected chi connectivity index (χ4v) is 0.469. The van der Waals surface area contributed by atoms with Gasteiger partial charge in [-0.2, -0.15) is 4.98 Å². The zero-order valence-corrected chi connectivity index (χ0v) is 5.25. The van der Waals surface area contributed by atoms with E-state index in [-0.39, 0.29) is 11.8 Å². The molecule has 0 atom stereocenters. The topological polar surface area (TPSA) is 90.9 Å². The van der Waals surface area contributed by atoms with Crippen molar-refractivity contribution in [3.63, 3.8) is 0 Å². The standard InChI is InChI=1S/C4H6N4O2/c1-5-4-6-2(3(9)10)7-8-4/h1H3,(H,9,10)(H2,5,6,7,8). The second kappa shape index (κ2) is 2.34. The molecule has 0 spiro atoms. The molecule has 1 aromatic rings. The number of nitrogens with one attached hydrogen (secondary N) is 2. The lowest BCUT2D eigenvalue weighted by Gasteiger charge is -1.83. The maximum absolute atomic E-state index is 10.2. The Morgan fingerprint density at radius 1 is 1.80 bits per heavy atom. The van der Waals surface area contributed by atoms with E-state index in [9.17, 15) is 4.79 Å². The first-order chi connectivity index (χ1) is 4.74. The lowest BCUT2D eigenvalue weighted by Crippen LogP contribution is -1.98. The summed E-state index contributed by atoms with van der Waals surface area (Å²) in [5.41, 5.74) is 0. The number of hydrogen-bond acceptors (Lipinski definition) is 4. The van der Waals surface area contributed by atoms with Gasteiger partial charge in [-0.15, -0.1) is 5.10 Å². The van der Waals surface area contributed by atoms with Gasteiger partial charge in [0.1, 0.15) is 0 Å². The molecule has 0 aromatic carbocycles. The predicted molar refractivity (Wildman–Crippen MR) is 32.9 cm³/mol. The fourth-order valence-electron chi connectivity index (χ4n) is 0.469. The zero-order valence-electron chi connectivity index (χ0n) is 5.25. The largest absolute Gasteiger partial charge is 0.475 e. The zero-order chi connectivity index (χ0) is 7.56. The van der Waals surface area contributed by atoms with Gasteiger partial charge in [-0.3, -0.25) is 5.10 Å². The van der Waals surface area contributed by atoms with E-state index in [0.717, 1.165) is 0 Å². The van der Waals surface area contributed by atoms with E-state index in [1.54, 1.807) is 7.05 Å². The van der Waals surface area contributed by atoms with Crippen molar-refractivity contribution in [1.82, 2.24) is 15.2 Å². The molecule has 0 radical (unpaired) electrons. The maximum Gasteiger partial charge on any atom is 0.373 e. The van der Waals surface area contributed by atoms with Gasteiger partial charge in [-0.05, 0) is 0 Å². The third-order valence-corrected chi connectivity index (χ3v) is 0.912. The van der Waals surface area contributed by atoms with Crippen molar-refractivity contribution >= 4 is 11.9 Å². The smallest absolute Gasteiger partial charge is 0.373 e. The average molecular weight is 142 g/mol. The molecule has 0 aliphatic rings. The normalized spacial score (nSPS) is 9.30. The van der Waals surface area contributed by atoms with Gasteiger partial charge in [0.05, 0.1) is 0 Å². The molecule has 1 heterocycles. The van der Waals surface area contributed by atoms with Crippen LogP contribution < -0.4 is 5.32 Å². The molecule has 0 aliphatic carbocycles. The van der Waals surface area contributed by atoms with Crippen LogP contribution in [0.3, 0.4) is 0 Å². The van der Waals surface area contributed by atoms with Crippen LogP contribution in [-0.2, 0) is 0 Å². The van der Waals surface area contributed by atoms with Crippen LogP contribution in [0.2, 0.25) is 0 Å². The van der Waals surface area contributed by atoms with Crippen molar-refractivity contribution in [3.8, 4) is 0 Å². The highest BCUT2D eigenvalue weighted by atomic mass is 16.4. The fraction of sp³-hybridized carbons (Fsp3) is 0.250.